The lowest BCUT2D eigenvalue weighted by Crippen LogP contribution is -1.44. The van der Waals surface area contributed by atoms with E-state index in [2.05, 4.69) is 22.4 Å². The summed E-state index contributed by atoms with van der Waals surface area (Å²) in [5.74, 6) is 0. The number of rotatable bonds is 0. The molecule has 1 aromatic heterocycles. The molecular formula is C3H6FN3S. The SMILES string of the molecule is F.N=S.c1c[nH]cn1. The lowest BCUT2D eigenvalue weighted by Gasteiger charge is -1.46. The van der Waals surface area contributed by atoms with Gasteiger partial charge in [-0.2, -0.15) is 0 Å². The van der Waals surface area contributed by atoms with Gasteiger partial charge in [0.25, 0.3) is 0 Å². The highest BCUT2D eigenvalue weighted by Crippen LogP contribution is 1.62. The second-order valence-corrected chi connectivity index (χ2v) is 0.761. The minimum atomic E-state index is 0. The molecule has 0 spiro atoms. The van der Waals surface area contributed by atoms with Crippen LogP contribution in [0.1, 0.15) is 0 Å². The second-order valence-electron chi connectivity index (χ2n) is 0.761. The third kappa shape index (κ3) is 5.16. The Hall–Kier alpha value is -0.840. The number of hydrogen-bond acceptors (Lipinski definition) is 3. The largest absolute Gasteiger partial charge is 0.351 e. The maximum atomic E-state index is 5.33. The predicted molar refractivity (Wildman–Crippen MR) is 31.2 cm³/mol. The van der Waals surface area contributed by atoms with Crippen molar-refractivity contribution in [3.8, 4) is 0 Å². The van der Waals surface area contributed by atoms with Crippen LogP contribution in [0.3, 0.4) is 0 Å². The van der Waals surface area contributed by atoms with Crippen molar-refractivity contribution in [1.29, 1.82) is 4.78 Å². The molecule has 1 aromatic rings. The van der Waals surface area contributed by atoms with Crippen molar-refractivity contribution in [2.24, 2.45) is 0 Å². The van der Waals surface area contributed by atoms with Gasteiger partial charge < -0.3 is 4.98 Å². The van der Waals surface area contributed by atoms with Gasteiger partial charge in [-0.3, -0.25) is 4.70 Å². The fourth-order valence-corrected chi connectivity index (χ4v) is 0.215. The summed E-state index contributed by atoms with van der Waals surface area (Å²) in [5, 5.41) is 0. The van der Waals surface area contributed by atoms with Crippen LogP contribution in [0.25, 0.3) is 0 Å². The van der Waals surface area contributed by atoms with Gasteiger partial charge in [0.2, 0.25) is 0 Å². The number of nitrogens with one attached hydrogen (secondary N) is 2. The average molecular weight is 135 g/mol. The van der Waals surface area contributed by atoms with Crippen molar-refractivity contribution in [3.05, 3.63) is 18.7 Å². The Bertz CT molecular complexity index is 81.4. The molecule has 0 atom stereocenters. The van der Waals surface area contributed by atoms with E-state index in [-0.39, 0.29) is 4.70 Å². The van der Waals surface area contributed by atoms with Gasteiger partial charge in [-0.15, -0.1) is 0 Å². The monoisotopic (exact) mass is 135 g/mol. The van der Waals surface area contributed by atoms with E-state index in [0.717, 1.165) is 0 Å². The average Bonchev–Trinajstić information content (AvgIpc) is 2.23. The summed E-state index contributed by atoms with van der Waals surface area (Å²) in [7, 11) is 0. The van der Waals surface area contributed by atoms with Crippen LogP contribution in [-0.4, -0.2) is 9.97 Å². The molecule has 8 heavy (non-hydrogen) atoms. The maximum Gasteiger partial charge on any atom is 0.0919 e. The molecule has 0 saturated heterocycles. The van der Waals surface area contributed by atoms with Gasteiger partial charge in [-0.1, -0.05) is 0 Å². The zero-order valence-corrected chi connectivity index (χ0v) is 4.81. The van der Waals surface area contributed by atoms with Gasteiger partial charge in [0, 0.05) is 24.8 Å². The molecule has 2 N–H and O–H groups in total. The molecule has 46 valence electrons. The fraction of sp³-hybridized carbons (Fsp3) is 0. The number of hydrogen-bond donors (Lipinski definition) is 2. The van der Waals surface area contributed by atoms with Crippen LogP contribution in [-0.2, 0) is 12.4 Å². The first-order valence-electron chi connectivity index (χ1n) is 1.63. The number of imidazole rings is 1. The highest BCUT2D eigenvalue weighted by molar-refractivity contribution is 7.45. The van der Waals surface area contributed by atoms with Crippen LogP contribution in [0, 0.1) is 4.78 Å². The third-order valence-corrected chi connectivity index (χ3v) is 0.406. The van der Waals surface area contributed by atoms with E-state index in [9.17, 15) is 0 Å². The minimum absolute atomic E-state index is 0. The van der Waals surface area contributed by atoms with Gasteiger partial charge in [0.1, 0.15) is 0 Å². The van der Waals surface area contributed by atoms with E-state index < -0.39 is 0 Å². The molecule has 0 aliphatic heterocycles. The summed E-state index contributed by atoms with van der Waals surface area (Å²) < 4.78 is 5.33. The van der Waals surface area contributed by atoms with Crippen molar-refractivity contribution in [2.45, 2.75) is 0 Å². The zero-order chi connectivity index (χ0) is 5.54. The standard InChI is InChI=1S/C3H4N2.FH.HNS/c1-2-5-3-4-1;;1-2/h1-3H,(H,4,5);1H;1H. The zero-order valence-electron chi connectivity index (χ0n) is 4.00. The summed E-state index contributed by atoms with van der Waals surface area (Å²) in [6.45, 7) is 0. The Morgan fingerprint density at radius 1 is 1.50 bits per heavy atom. The Balaban J connectivity index is 0. The predicted octanol–water partition coefficient (Wildman–Crippen LogP) is 0.858. The Kier molecular flexibility index (Phi) is 12.1. The molecule has 0 aliphatic rings. The lowest BCUT2D eigenvalue weighted by atomic mass is 11.0. The summed E-state index contributed by atoms with van der Waals surface area (Å²) in [5.41, 5.74) is 0. The van der Waals surface area contributed by atoms with E-state index in [1.807, 2.05) is 0 Å². The van der Waals surface area contributed by atoms with Crippen LogP contribution in [0.15, 0.2) is 18.7 Å². The molecule has 1 heterocycles. The number of aromatic nitrogens is 2. The fourth-order valence-electron chi connectivity index (χ4n) is 0.215. The first-order chi connectivity index (χ1) is 3.50. The molecule has 1 rings (SSSR count). The first-order valence-corrected chi connectivity index (χ1v) is 2.04. The smallest absolute Gasteiger partial charge is 0.0919 e. The van der Waals surface area contributed by atoms with Crippen molar-refractivity contribution < 1.29 is 4.70 Å². The van der Waals surface area contributed by atoms with E-state index in [1.165, 1.54) is 0 Å². The molecule has 0 aliphatic carbocycles. The van der Waals surface area contributed by atoms with E-state index in [4.69, 9.17) is 4.78 Å². The molecule has 5 heteroatoms. The Morgan fingerprint density at radius 2 is 2.12 bits per heavy atom. The van der Waals surface area contributed by atoms with Crippen LogP contribution in [0.2, 0.25) is 0 Å². The topological polar surface area (TPSA) is 52.5 Å². The van der Waals surface area contributed by atoms with Gasteiger partial charge in [-0.25, -0.2) is 9.76 Å². The molecule has 0 aromatic carbocycles. The second kappa shape index (κ2) is 9.48. The molecule has 0 amide bonds. The van der Waals surface area contributed by atoms with Crippen LogP contribution in [0.5, 0.6) is 0 Å². The van der Waals surface area contributed by atoms with Gasteiger partial charge >= 0.3 is 0 Å². The summed E-state index contributed by atoms with van der Waals surface area (Å²) in [6, 6.07) is 0. The number of H-pyrrole nitrogens is 1. The van der Waals surface area contributed by atoms with E-state index >= 15 is 0 Å². The Morgan fingerprint density at radius 3 is 2.25 bits per heavy atom. The Labute approximate surface area is 51.5 Å². The van der Waals surface area contributed by atoms with E-state index in [0.29, 0.717) is 0 Å². The quantitative estimate of drug-likeness (QED) is 0.554. The van der Waals surface area contributed by atoms with Gasteiger partial charge in [0.05, 0.1) is 6.33 Å². The lowest BCUT2D eigenvalue weighted by molar-refractivity contribution is 1.11. The normalized spacial score (nSPS) is 5.50. The highest BCUT2D eigenvalue weighted by Gasteiger charge is 1.56. The maximum absolute atomic E-state index is 5.33. The highest BCUT2D eigenvalue weighted by atomic mass is 32.1. The first kappa shape index (κ1) is 10.2. The van der Waals surface area contributed by atoms with Crippen molar-refractivity contribution in [3.63, 3.8) is 0 Å². The van der Waals surface area contributed by atoms with Crippen LogP contribution < -0.4 is 0 Å². The van der Waals surface area contributed by atoms with Gasteiger partial charge in [-0.05, 0) is 0 Å². The van der Waals surface area contributed by atoms with Crippen molar-refractivity contribution in [2.75, 3.05) is 0 Å². The molecule has 0 radical (unpaired) electrons. The van der Waals surface area contributed by atoms with Crippen molar-refractivity contribution >= 4 is 12.4 Å². The van der Waals surface area contributed by atoms with Gasteiger partial charge in [0.15, 0.2) is 0 Å². The van der Waals surface area contributed by atoms with Crippen LogP contribution >= 0.6 is 0 Å². The summed E-state index contributed by atoms with van der Waals surface area (Å²) in [6.07, 6.45) is 5.08. The molecule has 0 unspecified atom stereocenters. The van der Waals surface area contributed by atoms with Crippen LogP contribution in [0.4, 0.5) is 4.70 Å². The number of nitrogens with zero attached hydrogens (tertiary/aromatic N) is 1. The number of aromatic amines is 1. The summed E-state index contributed by atoms with van der Waals surface area (Å²) in [4.78, 5) is 6.42. The summed E-state index contributed by atoms with van der Waals surface area (Å²) >= 11 is 3.33. The molecule has 3 nitrogen and oxygen atoms in total. The third-order valence-electron chi connectivity index (χ3n) is 0.406. The molecule has 0 saturated carbocycles. The minimum Gasteiger partial charge on any atom is -0.351 e. The number of halogens is 1. The molecule has 0 bridgehead atoms. The van der Waals surface area contributed by atoms with E-state index in [1.54, 1.807) is 18.7 Å². The molecule has 0 fully saturated rings. The van der Waals surface area contributed by atoms with Crippen molar-refractivity contribution in [1.82, 2.24) is 9.97 Å². The molecular weight excluding hydrogens is 129 g/mol.